The van der Waals surface area contributed by atoms with Crippen LogP contribution in [0, 0.1) is 29.1 Å². The number of carboxylic acid groups (broad SMARTS) is 2. The summed E-state index contributed by atoms with van der Waals surface area (Å²) in [5, 5.41) is 67.3. The molecule has 780 valence electrons. The first-order valence-electron chi connectivity index (χ1n) is 48.9. The van der Waals surface area contributed by atoms with E-state index >= 15 is 28.8 Å². The Morgan fingerprint density at radius 2 is 1.05 bits per heavy atom. The molecule has 42 heteroatoms. The van der Waals surface area contributed by atoms with E-state index in [1.165, 1.54) is 41.6 Å². The number of nitrogens with two attached hydrogens (primary N) is 2. The van der Waals surface area contributed by atoms with Crippen LogP contribution in [0.4, 0.5) is 5.69 Å². The van der Waals surface area contributed by atoms with Gasteiger partial charge in [-0.3, -0.25) is 96.7 Å². The molecule has 3 fully saturated rings. The Morgan fingerprint density at radius 3 is 1.66 bits per heavy atom. The molecule has 3 aliphatic rings. The molecule has 2 aliphatic heterocycles. The van der Waals surface area contributed by atoms with Gasteiger partial charge < -0.3 is 106 Å². The molecule has 0 bridgehead atoms. The number of aliphatic carboxylic acids is 2. The van der Waals surface area contributed by atoms with Gasteiger partial charge >= 0.3 is 11.9 Å². The number of primary amides is 1. The van der Waals surface area contributed by atoms with Crippen molar-refractivity contribution >= 4 is 141 Å². The highest BCUT2D eigenvalue weighted by atomic mass is 32.2. The SMILES string of the molecule is CC(C)C[C@@H]1NC(=O)[C@H](Cc2cccs2)NC(=O)[C@H](C(C)C)NC(=O)[C@@H]2CCCN2C(=O)[C@H](C(C)C)NC(=O)[C@@H](CCCNC(=N)N)NC(=O)[C@H](CC(=O)O)NC(=O)[C@H](Cc2ccccn2)NC(=O)CN(C)C(=O)[C@H](Cc2ccc(-c3ccc(NC(=O)c4cccc(CC(=O)O)c4)cc3)cc2)NC(=O)[C@H](Cc2ccc(-c3ccccc3)cc2)NC(=O)[C@H](CC2CCCCC2)NC(=O)CSC[C@@H](C(=O)NCC(N)=O)NC1=O. The van der Waals surface area contributed by atoms with E-state index in [0.717, 1.165) is 47.1 Å². The molecule has 0 unspecified atom stereocenters. The number of carbonyl (C=O) groups is 18. The van der Waals surface area contributed by atoms with Gasteiger partial charge in [-0.25, -0.2) is 0 Å². The summed E-state index contributed by atoms with van der Waals surface area (Å²) in [7, 11) is 1.25. The fraction of sp³-hybridized carbons (Fsp3) is 0.442. The number of pyridine rings is 1. The number of carboxylic acids is 2. The summed E-state index contributed by atoms with van der Waals surface area (Å²) in [4.78, 5) is 268. The molecule has 2 saturated heterocycles. The number of nitrogens with one attached hydrogen (secondary N) is 15. The van der Waals surface area contributed by atoms with Gasteiger partial charge in [0.05, 0.1) is 31.7 Å². The van der Waals surface area contributed by atoms with E-state index in [1.54, 1.807) is 150 Å². The average molecular weight is 2050 g/mol. The van der Waals surface area contributed by atoms with Crippen molar-refractivity contribution in [2.24, 2.45) is 35.1 Å². The molecule has 10 rings (SSSR count). The van der Waals surface area contributed by atoms with Crippen LogP contribution in [-0.2, 0) is 114 Å². The normalized spacial score (nSPS) is 22.0. The van der Waals surface area contributed by atoms with E-state index in [0.29, 0.717) is 51.2 Å². The molecule has 12 atom stereocenters. The Kier molecular flexibility index (Phi) is 43.2. The number of hydrogen-bond acceptors (Lipinski definition) is 22. The lowest BCUT2D eigenvalue weighted by atomic mass is 9.84. The van der Waals surface area contributed by atoms with Gasteiger partial charge in [0.25, 0.3) is 5.91 Å². The summed E-state index contributed by atoms with van der Waals surface area (Å²) in [6, 6.07) is 26.2. The maximum atomic E-state index is 15.9. The molecule has 40 nitrogen and oxygen atoms in total. The average Bonchev–Trinajstić information content (AvgIpc) is 1.59. The third kappa shape index (κ3) is 35.5. The highest BCUT2D eigenvalue weighted by molar-refractivity contribution is 8.00. The van der Waals surface area contributed by atoms with Gasteiger partial charge in [0.1, 0.15) is 72.5 Å². The molecule has 0 spiro atoms. The molecule has 4 heterocycles. The topological polar surface area (TPSA) is 611 Å². The molecular formula is C104H132N20O20S2. The smallest absolute Gasteiger partial charge is 0.307 e. The minimum atomic E-state index is -2.02. The van der Waals surface area contributed by atoms with E-state index in [4.69, 9.17) is 16.9 Å². The van der Waals surface area contributed by atoms with Crippen LogP contribution in [0.2, 0.25) is 0 Å². The summed E-state index contributed by atoms with van der Waals surface area (Å²) in [6.45, 7) is 8.42. The molecular weight excluding hydrogens is 1910 g/mol. The highest BCUT2D eigenvalue weighted by Crippen LogP contribution is 2.30. The molecule has 0 radical (unpaired) electrons. The van der Waals surface area contributed by atoms with Crippen molar-refractivity contribution < 1.29 is 96.5 Å². The zero-order valence-electron chi connectivity index (χ0n) is 82.7. The number of thioether (sulfide) groups is 1. The Labute approximate surface area is 855 Å². The molecule has 2 aromatic heterocycles. The molecule has 7 aromatic rings. The van der Waals surface area contributed by atoms with Crippen molar-refractivity contribution in [3.05, 3.63) is 202 Å². The lowest BCUT2D eigenvalue weighted by molar-refractivity contribution is -0.144. The fourth-order valence-corrected chi connectivity index (χ4v) is 19.1. The number of likely N-dealkylation sites (N-methyl/N-ethyl adjacent to an activating group) is 1. The zero-order chi connectivity index (χ0) is 106. The third-order valence-corrected chi connectivity index (χ3v) is 27.1. The number of rotatable bonds is 29. The van der Waals surface area contributed by atoms with Crippen LogP contribution < -0.4 is 85.9 Å². The molecule has 5 aromatic carbocycles. The van der Waals surface area contributed by atoms with Crippen LogP contribution >= 0.6 is 23.1 Å². The predicted octanol–water partition coefficient (Wildman–Crippen LogP) is 3.82. The van der Waals surface area contributed by atoms with Gasteiger partial charge in [0.15, 0.2) is 5.96 Å². The van der Waals surface area contributed by atoms with E-state index < -0.39 is 228 Å². The number of nitrogens with zero attached hydrogens (tertiary/aromatic N) is 3. The van der Waals surface area contributed by atoms with Crippen LogP contribution in [0.3, 0.4) is 0 Å². The molecule has 1 aliphatic carbocycles. The minimum Gasteiger partial charge on any atom is -0.481 e. The second-order valence-corrected chi connectivity index (χ2v) is 40.0. The van der Waals surface area contributed by atoms with Crippen LogP contribution in [0.5, 0.6) is 0 Å². The Balaban J connectivity index is 1.03. The number of hydrogen-bond donors (Lipinski definition) is 19. The maximum Gasteiger partial charge on any atom is 0.307 e. The Morgan fingerprint density at radius 1 is 0.500 bits per heavy atom. The van der Waals surface area contributed by atoms with Gasteiger partial charge in [-0.1, -0.05) is 189 Å². The molecule has 21 N–H and O–H groups in total. The van der Waals surface area contributed by atoms with Gasteiger partial charge in [0.2, 0.25) is 88.6 Å². The monoisotopic (exact) mass is 2040 g/mol. The van der Waals surface area contributed by atoms with Gasteiger partial charge in [-0.05, 0) is 149 Å². The van der Waals surface area contributed by atoms with E-state index in [1.807, 2.05) is 42.5 Å². The first-order chi connectivity index (χ1) is 69.7. The molecule has 1 saturated carbocycles. The third-order valence-electron chi connectivity index (χ3n) is 25.1. The number of benzene rings is 5. The van der Waals surface area contributed by atoms with Crippen molar-refractivity contribution in [2.45, 2.75) is 223 Å². The van der Waals surface area contributed by atoms with Crippen LogP contribution in [0.1, 0.15) is 156 Å². The largest absolute Gasteiger partial charge is 0.481 e. The number of amides is 16. The quantitative estimate of drug-likeness (QED) is 0.0180. The first-order valence-corrected chi connectivity index (χ1v) is 50.9. The van der Waals surface area contributed by atoms with Crippen molar-refractivity contribution in [1.82, 2.24) is 83.9 Å². The second-order valence-electron chi connectivity index (χ2n) is 37.9. The van der Waals surface area contributed by atoms with Crippen LogP contribution in [0.15, 0.2) is 169 Å². The summed E-state index contributed by atoms with van der Waals surface area (Å²) < 4.78 is 0. The lowest BCUT2D eigenvalue weighted by Crippen LogP contribution is -2.62. The van der Waals surface area contributed by atoms with Crippen molar-refractivity contribution in [3.63, 3.8) is 0 Å². The van der Waals surface area contributed by atoms with Crippen LogP contribution in [-0.4, -0.2) is 255 Å². The Hall–Kier alpha value is -15.0. The van der Waals surface area contributed by atoms with Crippen LogP contribution in [0.25, 0.3) is 22.3 Å². The standard InChI is InChI=1S/C104H132N20O20S2/c1-59(2)46-75-94(135)120-82(92(133)110-55-84(105)125)57-145-58-86(127)113-76(48-62-20-10-8-11-21-62)95(136)116-77(49-63-30-34-67(35-31-63)66-23-12-9-13-24-66)96(137)119-81(50-64-32-36-68(37-33-64)69-38-40-71(41-39-69)111-91(132)70-25-16-22-65(47-70)51-87(128)129)102(143)123(7)56-85(126)112-78(52-72-26-14-15-42-108-72)97(138)117-80(54-88(130)131)99(140)114-74(28-17-43-109-104(106)107)93(134)122-90(61(5)6)103(144)124-44-18-29-83(124)100(141)121-89(60(3)4)101(142)118-79(98(139)115-75)53-73-27-19-45-146-73/h9,12-16,19,22-27,30-42,45,47,59-62,74-83,89-90H,8,10-11,17-18,20-21,28-29,43-44,46,48-58H2,1-7H3,(H2,105,125)(H,110,133)(H,111,132)(H,112,126)(H,113,127)(H,114,140)(H,115,139)(H,116,136)(H,117,138)(H,118,142)(H,119,137)(H,120,135)(H,121,141)(H,122,134)(H,128,129)(H,130,131)(H4,106,107,109)/t74-,75+,76+,77+,78+,79+,80+,81+,82+,83+,89+,90+/m1/s1. The van der Waals surface area contributed by atoms with Gasteiger partial charge in [-0.15, -0.1) is 23.1 Å². The summed E-state index contributed by atoms with van der Waals surface area (Å²) in [5.41, 5.74) is 16.4. The zero-order valence-corrected chi connectivity index (χ0v) is 84.4. The lowest BCUT2D eigenvalue weighted by Gasteiger charge is -2.33. The van der Waals surface area contributed by atoms with E-state index in [-0.39, 0.29) is 106 Å². The molecule has 146 heavy (non-hydrogen) atoms. The maximum absolute atomic E-state index is 15.9. The van der Waals surface area contributed by atoms with Crippen molar-refractivity contribution in [1.29, 1.82) is 5.41 Å². The van der Waals surface area contributed by atoms with Crippen molar-refractivity contribution in [3.8, 4) is 22.3 Å². The molecule has 16 amide bonds. The highest BCUT2D eigenvalue weighted by Gasteiger charge is 2.44. The summed E-state index contributed by atoms with van der Waals surface area (Å²) in [6.07, 6.45) is 2.88. The Bertz CT molecular complexity index is 5740. The van der Waals surface area contributed by atoms with E-state index in [9.17, 15) is 67.7 Å². The number of aromatic nitrogens is 1. The first kappa shape index (κ1) is 113. The number of fused-ring (bicyclic) bond motifs is 1. The number of anilines is 1. The summed E-state index contributed by atoms with van der Waals surface area (Å²) >= 11 is 2.12. The van der Waals surface area contributed by atoms with Gasteiger partial charge in [0, 0.05) is 79.6 Å². The predicted molar refractivity (Wildman–Crippen MR) is 548 cm³/mol. The number of carbonyl (C=O) groups excluding carboxylic acids is 16. The van der Waals surface area contributed by atoms with Gasteiger partial charge in [-0.2, -0.15) is 0 Å². The minimum absolute atomic E-state index is 0.00618. The summed E-state index contributed by atoms with van der Waals surface area (Å²) in [5.74, 6) is -20.0. The fourth-order valence-electron chi connectivity index (χ4n) is 17.5. The number of guanidine groups is 1. The van der Waals surface area contributed by atoms with Crippen molar-refractivity contribution in [2.75, 3.05) is 50.0 Å². The number of thiophene rings is 1. The van der Waals surface area contributed by atoms with E-state index in [2.05, 4.69) is 79.4 Å². The second kappa shape index (κ2) is 55.8.